The van der Waals surface area contributed by atoms with Gasteiger partial charge in [0.15, 0.2) is 18.1 Å². The normalized spacial score (nSPS) is 10.5. The quantitative estimate of drug-likeness (QED) is 0.393. The van der Waals surface area contributed by atoms with Crippen molar-refractivity contribution in [2.45, 2.75) is 26.6 Å². The molecule has 0 atom stereocenters. The topological polar surface area (TPSA) is 114 Å². The van der Waals surface area contributed by atoms with Gasteiger partial charge in [-0.2, -0.15) is 8.78 Å². The molecule has 9 nitrogen and oxygen atoms in total. The fourth-order valence-electron chi connectivity index (χ4n) is 1.71. The van der Waals surface area contributed by atoms with Gasteiger partial charge in [0.2, 0.25) is 0 Å². The zero-order chi connectivity index (χ0) is 19.1. The third-order valence-corrected chi connectivity index (χ3v) is 2.60. The molecule has 0 aliphatic rings. The molecule has 0 N–H and O–H groups in total. The molecule has 1 rings (SSSR count). The molecule has 0 bridgehead atoms. The number of hydrogen-bond donors (Lipinski definition) is 0. The first-order valence-electron chi connectivity index (χ1n) is 6.83. The lowest BCUT2D eigenvalue weighted by molar-refractivity contribution is -0.385. The molecule has 25 heavy (non-hydrogen) atoms. The van der Waals surface area contributed by atoms with E-state index in [0.717, 1.165) is 13.2 Å². The molecule has 0 fully saturated rings. The van der Waals surface area contributed by atoms with Crippen LogP contribution in [0.4, 0.5) is 14.5 Å². The van der Waals surface area contributed by atoms with Crippen molar-refractivity contribution in [3.8, 4) is 11.5 Å². The minimum Gasteiger partial charge on any atom is -0.493 e. The highest BCUT2D eigenvalue weighted by Gasteiger charge is 2.27. The van der Waals surface area contributed by atoms with Crippen LogP contribution in [0.5, 0.6) is 11.5 Å². The first-order chi connectivity index (χ1) is 11.6. The van der Waals surface area contributed by atoms with E-state index >= 15 is 0 Å². The SMILES string of the molecule is COc1cc(C(=O)OCC(=O)OC(C)C)c([N+](=O)[O-])cc1OC(F)F. The molecule has 0 aliphatic carbocycles. The highest BCUT2D eigenvalue weighted by atomic mass is 19.3. The number of ether oxygens (including phenoxy) is 4. The summed E-state index contributed by atoms with van der Waals surface area (Å²) in [5.41, 5.74) is -1.44. The van der Waals surface area contributed by atoms with Crippen LogP contribution in [0, 0.1) is 10.1 Å². The number of carbonyl (C=O) groups is 2. The molecule has 0 aliphatic heterocycles. The van der Waals surface area contributed by atoms with Crippen molar-refractivity contribution >= 4 is 17.6 Å². The molecule has 1 aromatic rings. The average molecular weight is 363 g/mol. The van der Waals surface area contributed by atoms with E-state index in [1.165, 1.54) is 0 Å². The maximum atomic E-state index is 12.4. The second-order valence-corrected chi connectivity index (χ2v) is 4.77. The number of carbonyl (C=O) groups excluding carboxylic acids is 2. The Morgan fingerprint density at radius 3 is 2.36 bits per heavy atom. The summed E-state index contributed by atoms with van der Waals surface area (Å²) in [6.07, 6.45) is -0.439. The summed E-state index contributed by atoms with van der Waals surface area (Å²) in [6, 6.07) is 1.42. The molecular weight excluding hydrogens is 348 g/mol. The van der Waals surface area contributed by atoms with Gasteiger partial charge in [0.25, 0.3) is 5.69 Å². The van der Waals surface area contributed by atoms with Gasteiger partial charge in [-0.15, -0.1) is 0 Å². The summed E-state index contributed by atoms with van der Waals surface area (Å²) < 4.78 is 43.0. The van der Waals surface area contributed by atoms with Gasteiger partial charge in [0.05, 0.1) is 24.2 Å². The molecule has 0 amide bonds. The molecule has 1 aromatic carbocycles. The largest absolute Gasteiger partial charge is 0.493 e. The van der Waals surface area contributed by atoms with E-state index < -0.39 is 53.2 Å². The van der Waals surface area contributed by atoms with E-state index in [4.69, 9.17) is 9.47 Å². The van der Waals surface area contributed by atoms with Crippen molar-refractivity contribution in [1.29, 1.82) is 0 Å². The Labute approximate surface area is 140 Å². The van der Waals surface area contributed by atoms with Gasteiger partial charge >= 0.3 is 18.6 Å². The standard InChI is InChI=1S/C14H15F2NO8/c1-7(2)24-12(18)6-23-13(19)8-4-10(22-3)11(25-14(15)16)5-9(8)17(20)21/h4-5,7,14H,6H2,1-3H3. The predicted octanol–water partition coefficient (Wildman–Crippen LogP) is 2.31. The predicted molar refractivity (Wildman–Crippen MR) is 77.8 cm³/mol. The van der Waals surface area contributed by atoms with Crippen molar-refractivity contribution in [3.63, 3.8) is 0 Å². The maximum absolute atomic E-state index is 12.4. The highest BCUT2D eigenvalue weighted by molar-refractivity contribution is 5.96. The zero-order valence-corrected chi connectivity index (χ0v) is 13.5. The van der Waals surface area contributed by atoms with E-state index in [1.54, 1.807) is 13.8 Å². The molecule has 0 spiro atoms. The molecule has 0 saturated heterocycles. The summed E-state index contributed by atoms with van der Waals surface area (Å²) in [4.78, 5) is 33.4. The zero-order valence-electron chi connectivity index (χ0n) is 13.5. The Kier molecular flexibility index (Phi) is 7.03. The smallest absolute Gasteiger partial charge is 0.387 e. The molecule has 0 heterocycles. The van der Waals surface area contributed by atoms with E-state index in [9.17, 15) is 28.5 Å². The van der Waals surface area contributed by atoms with Crippen LogP contribution in [0.25, 0.3) is 0 Å². The van der Waals surface area contributed by atoms with E-state index in [0.29, 0.717) is 6.07 Å². The fourth-order valence-corrected chi connectivity index (χ4v) is 1.71. The number of nitro groups is 1. The second-order valence-electron chi connectivity index (χ2n) is 4.77. The number of esters is 2. The van der Waals surface area contributed by atoms with Crippen LogP contribution in [-0.4, -0.2) is 43.3 Å². The van der Waals surface area contributed by atoms with Gasteiger partial charge < -0.3 is 18.9 Å². The average Bonchev–Trinajstić information content (AvgIpc) is 2.50. The molecule has 0 unspecified atom stereocenters. The number of nitro benzene ring substituents is 1. The lowest BCUT2D eigenvalue weighted by Gasteiger charge is -2.12. The van der Waals surface area contributed by atoms with E-state index in [1.807, 2.05) is 0 Å². The molecule has 0 radical (unpaired) electrons. The Bertz CT molecular complexity index is 662. The van der Waals surface area contributed by atoms with Crippen LogP contribution in [0.1, 0.15) is 24.2 Å². The van der Waals surface area contributed by atoms with Crippen molar-refractivity contribution in [3.05, 3.63) is 27.8 Å². The second kappa shape index (κ2) is 8.76. The summed E-state index contributed by atoms with van der Waals surface area (Å²) in [5.74, 6) is -3.05. The Morgan fingerprint density at radius 1 is 1.24 bits per heavy atom. The number of hydrogen-bond acceptors (Lipinski definition) is 8. The van der Waals surface area contributed by atoms with Crippen LogP contribution in [0.3, 0.4) is 0 Å². The van der Waals surface area contributed by atoms with Crippen molar-refractivity contribution in [2.24, 2.45) is 0 Å². The lowest BCUT2D eigenvalue weighted by atomic mass is 10.1. The maximum Gasteiger partial charge on any atom is 0.387 e. The van der Waals surface area contributed by atoms with Gasteiger partial charge in [-0.25, -0.2) is 9.59 Å². The first-order valence-corrected chi connectivity index (χ1v) is 6.83. The highest BCUT2D eigenvalue weighted by Crippen LogP contribution is 2.36. The molecule has 138 valence electrons. The summed E-state index contributed by atoms with van der Waals surface area (Å²) in [6.45, 7) is -0.864. The van der Waals surface area contributed by atoms with Crippen LogP contribution in [0.2, 0.25) is 0 Å². The minimum atomic E-state index is -3.25. The number of methoxy groups -OCH3 is 1. The minimum absolute atomic E-state index is 0.345. The Hall–Kier alpha value is -2.98. The van der Waals surface area contributed by atoms with Crippen molar-refractivity contribution < 1.29 is 42.2 Å². The molecular formula is C14H15F2NO8. The van der Waals surface area contributed by atoms with Gasteiger partial charge in [0, 0.05) is 6.07 Å². The number of halogens is 2. The van der Waals surface area contributed by atoms with Crippen LogP contribution in [0.15, 0.2) is 12.1 Å². The fraction of sp³-hybridized carbons (Fsp3) is 0.429. The van der Waals surface area contributed by atoms with Crippen LogP contribution < -0.4 is 9.47 Å². The van der Waals surface area contributed by atoms with E-state index in [-0.39, 0.29) is 5.75 Å². The summed E-state index contributed by atoms with van der Waals surface area (Å²) in [5, 5.41) is 11.1. The van der Waals surface area contributed by atoms with Crippen molar-refractivity contribution in [1.82, 2.24) is 0 Å². The number of alkyl halides is 2. The number of rotatable bonds is 8. The number of benzene rings is 1. The van der Waals surface area contributed by atoms with E-state index in [2.05, 4.69) is 9.47 Å². The first kappa shape index (κ1) is 20.1. The number of nitrogens with zero attached hydrogens (tertiary/aromatic N) is 1. The van der Waals surface area contributed by atoms with Crippen molar-refractivity contribution in [2.75, 3.05) is 13.7 Å². The molecule has 11 heteroatoms. The molecule has 0 aromatic heterocycles. The Morgan fingerprint density at radius 2 is 1.88 bits per heavy atom. The van der Waals surface area contributed by atoms with Gasteiger partial charge in [-0.3, -0.25) is 10.1 Å². The van der Waals surface area contributed by atoms with Gasteiger partial charge in [-0.1, -0.05) is 0 Å². The van der Waals surface area contributed by atoms with Crippen LogP contribution in [-0.2, 0) is 14.3 Å². The Balaban J connectivity index is 3.09. The lowest BCUT2D eigenvalue weighted by Crippen LogP contribution is -2.20. The van der Waals surface area contributed by atoms with Crippen LogP contribution >= 0.6 is 0 Å². The summed E-state index contributed by atoms with van der Waals surface area (Å²) in [7, 11) is 1.09. The third-order valence-electron chi connectivity index (χ3n) is 2.60. The van der Waals surface area contributed by atoms with Gasteiger partial charge in [-0.05, 0) is 13.8 Å². The van der Waals surface area contributed by atoms with Gasteiger partial charge in [0.1, 0.15) is 5.56 Å². The monoisotopic (exact) mass is 363 g/mol. The molecule has 0 saturated carbocycles. The third kappa shape index (κ3) is 5.86. The summed E-state index contributed by atoms with van der Waals surface area (Å²) >= 11 is 0.